The van der Waals surface area contributed by atoms with E-state index < -0.39 is 30.7 Å². The highest BCUT2D eigenvalue weighted by Gasteiger charge is 2.52. The van der Waals surface area contributed by atoms with Gasteiger partial charge in [0, 0.05) is 11.0 Å². The molecular formula is C13H17BFO3. The minimum Gasteiger partial charge on any atom is -0.399 e. The van der Waals surface area contributed by atoms with Crippen LogP contribution in [-0.4, -0.2) is 18.3 Å². The van der Waals surface area contributed by atoms with E-state index in [1.54, 1.807) is 12.1 Å². The molecule has 1 aromatic carbocycles. The third-order valence-electron chi connectivity index (χ3n) is 3.77. The molecular weight excluding hydrogens is 234 g/mol. The topological polar surface area (TPSA) is 38.4 Å². The average Bonchev–Trinajstić information content (AvgIpc) is 2.48. The molecule has 2 rings (SSSR count). The van der Waals surface area contributed by atoms with Crippen LogP contribution in [0, 0.1) is 5.82 Å². The molecule has 97 valence electrons. The average molecular weight is 251 g/mol. The van der Waals surface area contributed by atoms with E-state index in [2.05, 4.69) is 0 Å². The van der Waals surface area contributed by atoms with E-state index in [9.17, 15) is 9.50 Å². The highest BCUT2D eigenvalue weighted by molar-refractivity contribution is 6.62. The van der Waals surface area contributed by atoms with Crippen molar-refractivity contribution >= 4 is 12.6 Å². The van der Waals surface area contributed by atoms with E-state index in [0.717, 1.165) is 0 Å². The van der Waals surface area contributed by atoms with Crippen molar-refractivity contribution in [1.82, 2.24) is 0 Å². The zero-order valence-electron chi connectivity index (χ0n) is 11.1. The van der Waals surface area contributed by atoms with Crippen LogP contribution in [0.2, 0.25) is 0 Å². The fourth-order valence-electron chi connectivity index (χ4n) is 1.86. The zero-order valence-corrected chi connectivity index (χ0v) is 11.1. The Morgan fingerprint density at radius 1 is 1.17 bits per heavy atom. The van der Waals surface area contributed by atoms with Gasteiger partial charge in [0.25, 0.3) is 0 Å². The third kappa shape index (κ3) is 2.07. The summed E-state index contributed by atoms with van der Waals surface area (Å²) in [5.41, 5.74) is -0.598. The molecule has 1 heterocycles. The van der Waals surface area contributed by atoms with Gasteiger partial charge in [0.05, 0.1) is 11.2 Å². The number of benzene rings is 1. The van der Waals surface area contributed by atoms with Crippen LogP contribution in [0.3, 0.4) is 0 Å². The Balaban J connectivity index is 2.35. The molecule has 0 saturated carbocycles. The van der Waals surface area contributed by atoms with E-state index in [-0.39, 0.29) is 5.56 Å². The number of halogens is 1. The molecule has 0 aliphatic carbocycles. The molecule has 1 fully saturated rings. The van der Waals surface area contributed by atoms with Crippen molar-refractivity contribution in [3.63, 3.8) is 0 Å². The SMILES string of the molecule is CC1(C)OB(c2cccc(C[O])c2F)OC1(C)C. The van der Waals surface area contributed by atoms with E-state index in [1.165, 1.54) is 6.07 Å². The Kier molecular flexibility index (Phi) is 3.26. The lowest BCUT2D eigenvalue weighted by Gasteiger charge is -2.32. The standard InChI is InChI=1S/C13H17BFO3/c1-12(2)13(3,4)18-14(17-12)10-7-5-6-9(8-16)11(10)15/h5-7H,8H2,1-4H3. The summed E-state index contributed by atoms with van der Waals surface area (Å²) >= 11 is 0. The molecule has 1 saturated heterocycles. The molecule has 0 aromatic heterocycles. The van der Waals surface area contributed by atoms with Gasteiger partial charge >= 0.3 is 7.12 Å². The van der Waals surface area contributed by atoms with E-state index in [4.69, 9.17) is 9.31 Å². The van der Waals surface area contributed by atoms with Gasteiger partial charge in [0.1, 0.15) is 12.4 Å². The maximum atomic E-state index is 14.1. The first-order valence-electron chi connectivity index (χ1n) is 5.99. The van der Waals surface area contributed by atoms with Crippen molar-refractivity contribution in [2.75, 3.05) is 0 Å². The lowest BCUT2D eigenvalue weighted by molar-refractivity contribution is 0.00578. The summed E-state index contributed by atoms with van der Waals surface area (Å²) in [6.07, 6.45) is 0. The zero-order chi connectivity index (χ0) is 13.6. The molecule has 0 atom stereocenters. The fraction of sp³-hybridized carbons (Fsp3) is 0.538. The maximum absolute atomic E-state index is 14.1. The van der Waals surface area contributed by atoms with Gasteiger partial charge in [0.15, 0.2) is 0 Å². The Morgan fingerprint density at radius 2 is 1.72 bits per heavy atom. The molecule has 0 spiro atoms. The van der Waals surface area contributed by atoms with Crippen molar-refractivity contribution in [2.45, 2.75) is 45.5 Å². The van der Waals surface area contributed by atoms with Gasteiger partial charge < -0.3 is 9.31 Å². The van der Waals surface area contributed by atoms with Gasteiger partial charge in [-0.1, -0.05) is 18.2 Å². The summed E-state index contributed by atoms with van der Waals surface area (Å²) < 4.78 is 25.6. The molecule has 18 heavy (non-hydrogen) atoms. The monoisotopic (exact) mass is 251 g/mol. The molecule has 1 aliphatic heterocycles. The largest absolute Gasteiger partial charge is 0.497 e. The summed E-state index contributed by atoms with van der Waals surface area (Å²) in [7, 11) is -0.763. The van der Waals surface area contributed by atoms with Gasteiger partial charge in [-0.3, -0.25) is 0 Å². The molecule has 0 unspecified atom stereocenters. The van der Waals surface area contributed by atoms with Crippen molar-refractivity contribution in [3.05, 3.63) is 29.6 Å². The lowest BCUT2D eigenvalue weighted by atomic mass is 9.78. The minimum absolute atomic E-state index is 0.141. The van der Waals surface area contributed by atoms with Crippen molar-refractivity contribution in [1.29, 1.82) is 0 Å². The minimum atomic E-state index is -0.763. The van der Waals surface area contributed by atoms with E-state index in [1.807, 2.05) is 27.7 Å². The van der Waals surface area contributed by atoms with Crippen LogP contribution in [0.15, 0.2) is 18.2 Å². The molecule has 0 N–H and O–H groups in total. The molecule has 5 heteroatoms. The molecule has 1 aliphatic rings. The highest BCUT2D eigenvalue weighted by atomic mass is 19.1. The van der Waals surface area contributed by atoms with Gasteiger partial charge in [-0.05, 0) is 27.7 Å². The maximum Gasteiger partial charge on any atom is 0.497 e. The predicted octanol–water partition coefficient (Wildman–Crippen LogP) is 2.06. The van der Waals surface area contributed by atoms with E-state index >= 15 is 0 Å². The van der Waals surface area contributed by atoms with Gasteiger partial charge in [-0.25, -0.2) is 9.50 Å². The summed E-state index contributed by atoms with van der Waals surface area (Å²) in [6.45, 7) is 7.04. The number of hydrogen-bond acceptors (Lipinski definition) is 2. The molecule has 0 bridgehead atoms. The second-order valence-electron chi connectivity index (χ2n) is 5.55. The second kappa shape index (κ2) is 4.33. The predicted molar refractivity (Wildman–Crippen MR) is 66.5 cm³/mol. The van der Waals surface area contributed by atoms with Crippen LogP contribution in [0.5, 0.6) is 0 Å². The summed E-state index contributed by atoms with van der Waals surface area (Å²) in [4.78, 5) is 0. The number of hydrogen-bond donors (Lipinski definition) is 0. The first-order chi connectivity index (χ1) is 8.28. The second-order valence-corrected chi connectivity index (χ2v) is 5.55. The lowest BCUT2D eigenvalue weighted by Crippen LogP contribution is -2.41. The van der Waals surface area contributed by atoms with Crippen LogP contribution in [0.1, 0.15) is 33.3 Å². The smallest absolute Gasteiger partial charge is 0.399 e. The Labute approximate surface area is 107 Å². The highest BCUT2D eigenvalue weighted by Crippen LogP contribution is 2.36. The molecule has 1 aromatic rings. The normalized spacial score (nSPS) is 21.3. The quantitative estimate of drug-likeness (QED) is 0.754. The summed E-state index contributed by atoms with van der Waals surface area (Å²) in [5, 5.41) is 10.9. The van der Waals surface area contributed by atoms with E-state index in [0.29, 0.717) is 5.46 Å². The van der Waals surface area contributed by atoms with Crippen molar-refractivity contribution in [3.8, 4) is 0 Å². The fourth-order valence-corrected chi connectivity index (χ4v) is 1.86. The van der Waals surface area contributed by atoms with Crippen LogP contribution in [-0.2, 0) is 21.0 Å². The first kappa shape index (κ1) is 13.5. The molecule has 3 nitrogen and oxygen atoms in total. The summed E-state index contributed by atoms with van der Waals surface area (Å²) in [6, 6.07) is 4.73. The Bertz CT molecular complexity index is 444. The van der Waals surface area contributed by atoms with Gasteiger partial charge in [-0.15, -0.1) is 0 Å². The van der Waals surface area contributed by atoms with Crippen LogP contribution in [0.25, 0.3) is 0 Å². The Morgan fingerprint density at radius 3 is 2.22 bits per heavy atom. The summed E-state index contributed by atoms with van der Waals surface area (Å²) in [5.74, 6) is -0.522. The van der Waals surface area contributed by atoms with Crippen LogP contribution < -0.4 is 5.46 Å². The molecule has 0 amide bonds. The number of rotatable bonds is 2. The first-order valence-corrected chi connectivity index (χ1v) is 5.99. The van der Waals surface area contributed by atoms with Gasteiger partial charge in [0.2, 0.25) is 0 Å². The van der Waals surface area contributed by atoms with Crippen LogP contribution in [0.4, 0.5) is 4.39 Å². The Hall–Kier alpha value is -0.905. The molecule has 1 radical (unpaired) electrons. The van der Waals surface area contributed by atoms with Crippen molar-refractivity contribution < 1.29 is 18.8 Å². The van der Waals surface area contributed by atoms with Crippen molar-refractivity contribution in [2.24, 2.45) is 0 Å². The van der Waals surface area contributed by atoms with Gasteiger partial charge in [-0.2, -0.15) is 0 Å². The third-order valence-corrected chi connectivity index (χ3v) is 3.77. The van der Waals surface area contributed by atoms with Crippen LogP contribution >= 0.6 is 0 Å².